The van der Waals surface area contributed by atoms with Gasteiger partial charge in [-0.05, 0) is 30.6 Å². The number of anilines is 1. The number of thiophene rings is 1. The Morgan fingerprint density at radius 3 is 3.04 bits per heavy atom. The van der Waals surface area contributed by atoms with Crippen LogP contribution in [0.1, 0.15) is 23.1 Å². The number of halogens is 1. The molecule has 0 bridgehead atoms. The van der Waals surface area contributed by atoms with E-state index in [1.54, 1.807) is 6.26 Å². The zero-order chi connectivity index (χ0) is 16.4. The van der Waals surface area contributed by atoms with Crippen molar-refractivity contribution in [2.24, 2.45) is 5.73 Å². The van der Waals surface area contributed by atoms with Gasteiger partial charge in [0.15, 0.2) is 0 Å². The van der Waals surface area contributed by atoms with Gasteiger partial charge in [0, 0.05) is 17.3 Å². The zero-order valence-electron chi connectivity index (χ0n) is 12.5. The van der Waals surface area contributed by atoms with E-state index in [1.165, 1.54) is 29.8 Å². The van der Waals surface area contributed by atoms with Gasteiger partial charge in [-0.3, -0.25) is 0 Å². The van der Waals surface area contributed by atoms with E-state index in [2.05, 4.69) is 15.6 Å². The monoisotopic (exact) mass is 349 g/mol. The van der Waals surface area contributed by atoms with Gasteiger partial charge >= 0.3 is 0 Å². The molecule has 3 rings (SSSR count). The minimum atomic E-state index is -1.08. The first-order chi connectivity index (χ1) is 11.1. The fourth-order valence-electron chi connectivity index (χ4n) is 2.20. The van der Waals surface area contributed by atoms with Crippen LogP contribution in [0.2, 0.25) is 0 Å². The van der Waals surface area contributed by atoms with E-state index in [4.69, 9.17) is 16.6 Å². The molecule has 0 aliphatic rings. The molecule has 2 atom stereocenters. The normalized spacial score (nSPS) is 13.8. The van der Waals surface area contributed by atoms with Gasteiger partial charge in [-0.1, -0.05) is 5.92 Å². The van der Waals surface area contributed by atoms with E-state index in [-0.39, 0.29) is 0 Å². The molecule has 3 heterocycles. The van der Waals surface area contributed by atoms with E-state index in [0.717, 1.165) is 31.4 Å². The summed E-state index contributed by atoms with van der Waals surface area (Å²) >= 11 is 2.89. The number of nitrogens with zero attached hydrogens (tertiary/aromatic N) is 1. The first kappa shape index (κ1) is 16.0. The van der Waals surface area contributed by atoms with Gasteiger partial charge in [-0.25, -0.2) is 4.39 Å². The van der Waals surface area contributed by atoms with Gasteiger partial charge in [0.2, 0.25) is 0 Å². The number of hydrogen-bond acceptors (Lipinski definition) is 6. The van der Waals surface area contributed by atoms with E-state index >= 15 is 0 Å². The molecule has 3 N–H and O–H groups in total. The van der Waals surface area contributed by atoms with Gasteiger partial charge in [0.25, 0.3) is 0 Å². The fourth-order valence-corrected chi connectivity index (χ4v) is 4.37. The predicted molar refractivity (Wildman–Crippen MR) is 93.7 cm³/mol. The van der Waals surface area contributed by atoms with Crippen LogP contribution in [-0.2, 0) is 13.0 Å². The molecule has 0 saturated carbocycles. The maximum absolute atomic E-state index is 13.3. The minimum absolute atomic E-state index is 0.417. The summed E-state index contributed by atoms with van der Waals surface area (Å²) in [5.41, 5.74) is 7.36. The highest BCUT2D eigenvalue weighted by atomic mass is 32.1. The first-order valence-corrected chi connectivity index (χ1v) is 8.72. The number of nitrogens with two attached hydrogens (primary N) is 1. The van der Waals surface area contributed by atoms with Crippen LogP contribution in [0, 0.1) is 12.3 Å². The highest BCUT2D eigenvalue weighted by Gasteiger charge is 2.21. The second kappa shape index (κ2) is 6.71. The summed E-state index contributed by atoms with van der Waals surface area (Å²) < 4.78 is 24.1. The summed E-state index contributed by atoms with van der Waals surface area (Å²) in [6.45, 7) is 2.04. The number of fused-ring (bicyclic) bond motifs is 1. The van der Waals surface area contributed by atoms with Crippen LogP contribution in [0.4, 0.5) is 9.39 Å². The van der Waals surface area contributed by atoms with Gasteiger partial charge in [0.05, 0.1) is 23.1 Å². The lowest BCUT2D eigenvalue weighted by atomic mass is 10.1. The summed E-state index contributed by atoms with van der Waals surface area (Å²) in [4.78, 5) is 0.913. The molecule has 0 saturated heterocycles. The molecule has 0 aliphatic carbocycles. The SMILES string of the molecule is C#Cc1c(C[C@@H](N)[C@@H](C)F)sc2c(NCc3ccco3)snc12. The number of aromatic nitrogens is 1. The van der Waals surface area contributed by atoms with E-state index in [1.807, 2.05) is 12.1 Å². The molecule has 3 aromatic rings. The predicted octanol–water partition coefficient (Wildman–Crippen LogP) is 3.77. The topological polar surface area (TPSA) is 64.1 Å². The van der Waals surface area contributed by atoms with E-state index in [0.29, 0.717) is 13.0 Å². The fraction of sp³-hybridized carbons (Fsp3) is 0.312. The van der Waals surface area contributed by atoms with Crippen molar-refractivity contribution in [3.05, 3.63) is 34.6 Å². The van der Waals surface area contributed by atoms with Crippen LogP contribution < -0.4 is 11.1 Å². The third-order valence-electron chi connectivity index (χ3n) is 3.55. The number of rotatable bonds is 6. The smallest absolute Gasteiger partial charge is 0.127 e. The number of nitrogens with one attached hydrogen (secondary N) is 1. The Hall–Kier alpha value is -1.88. The Morgan fingerprint density at radius 2 is 2.39 bits per heavy atom. The molecule has 23 heavy (non-hydrogen) atoms. The van der Waals surface area contributed by atoms with Crippen molar-refractivity contribution in [1.29, 1.82) is 0 Å². The van der Waals surface area contributed by atoms with Crippen LogP contribution in [0.25, 0.3) is 10.2 Å². The van der Waals surface area contributed by atoms with Gasteiger partial charge in [-0.2, -0.15) is 4.37 Å². The summed E-state index contributed by atoms with van der Waals surface area (Å²) in [6.07, 6.45) is 6.60. The highest BCUT2D eigenvalue weighted by molar-refractivity contribution is 7.24. The van der Waals surface area contributed by atoms with Gasteiger partial charge < -0.3 is 15.5 Å². The van der Waals surface area contributed by atoms with E-state index in [9.17, 15) is 4.39 Å². The van der Waals surface area contributed by atoms with Crippen LogP contribution in [-0.4, -0.2) is 16.6 Å². The van der Waals surface area contributed by atoms with Crippen molar-refractivity contribution in [3.63, 3.8) is 0 Å². The van der Waals surface area contributed by atoms with Crippen molar-refractivity contribution in [2.75, 3.05) is 5.32 Å². The Bertz CT molecular complexity index is 830. The second-order valence-electron chi connectivity index (χ2n) is 5.21. The third-order valence-corrected chi connectivity index (χ3v) is 5.70. The Balaban J connectivity index is 1.87. The lowest BCUT2D eigenvalue weighted by Gasteiger charge is -2.11. The van der Waals surface area contributed by atoms with E-state index < -0.39 is 12.2 Å². The molecule has 4 nitrogen and oxygen atoms in total. The van der Waals surface area contributed by atoms with Crippen LogP contribution in [0.3, 0.4) is 0 Å². The maximum Gasteiger partial charge on any atom is 0.127 e. The minimum Gasteiger partial charge on any atom is -0.467 e. The van der Waals surface area contributed by atoms with Crippen LogP contribution >= 0.6 is 22.9 Å². The molecule has 7 heteroatoms. The van der Waals surface area contributed by atoms with Crippen molar-refractivity contribution in [1.82, 2.24) is 4.37 Å². The molecule has 0 aromatic carbocycles. The molecule has 0 amide bonds. The second-order valence-corrected chi connectivity index (χ2v) is 7.09. The largest absolute Gasteiger partial charge is 0.467 e. The van der Waals surface area contributed by atoms with Crippen molar-refractivity contribution in [2.45, 2.75) is 32.1 Å². The van der Waals surface area contributed by atoms with Crippen molar-refractivity contribution < 1.29 is 8.81 Å². The Morgan fingerprint density at radius 1 is 1.57 bits per heavy atom. The summed E-state index contributed by atoms with van der Waals surface area (Å²) in [7, 11) is 0. The molecule has 3 aromatic heterocycles. The lowest BCUT2D eigenvalue weighted by Crippen LogP contribution is -2.31. The number of furan rings is 1. The number of alkyl halides is 1. The Labute approximate surface area is 141 Å². The van der Waals surface area contributed by atoms with Gasteiger partial charge in [-0.15, -0.1) is 17.8 Å². The maximum atomic E-state index is 13.3. The molecule has 0 aliphatic heterocycles. The summed E-state index contributed by atoms with van der Waals surface area (Å²) in [5.74, 6) is 3.52. The standard InChI is InChI=1S/C16H16FN3OS2/c1-3-11-13(7-12(18)9(2)17)22-15-14(11)20-23-16(15)19-8-10-5-4-6-21-10/h1,4-6,9,12,19H,7-8,18H2,2H3/t9-,12-/m1/s1. The zero-order valence-corrected chi connectivity index (χ0v) is 14.1. The van der Waals surface area contributed by atoms with Gasteiger partial charge in [0.1, 0.15) is 22.4 Å². The molecule has 0 radical (unpaired) electrons. The summed E-state index contributed by atoms with van der Waals surface area (Å²) in [6, 6.07) is 3.19. The third kappa shape index (κ3) is 3.24. The molecule has 0 spiro atoms. The average molecular weight is 349 g/mol. The molecule has 0 fully saturated rings. The average Bonchev–Trinajstić information content (AvgIpc) is 3.21. The Kier molecular flexibility index (Phi) is 4.66. The number of terminal acetylenes is 1. The van der Waals surface area contributed by atoms with Crippen LogP contribution in [0.5, 0.6) is 0 Å². The summed E-state index contributed by atoms with van der Waals surface area (Å²) in [5, 5.41) is 4.25. The molecular weight excluding hydrogens is 333 g/mol. The quantitative estimate of drug-likeness (QED) is 0.665. The molecule has 120 valence electrons. The van der Waals surface area contributed by atoms with Crippen molar-refractivity contribution >= 4 is 38.1 Å². The highest BCUT2D eigenvalue weighted by Crippen LogP contribution is 2.39. The number of hydrogen-bond donors (Lipinski definition) is 2. The first-order valence-electron chi connectivity index (χ1n) is 7.13. The van der Waals surface area contributed by atoms with Crippen LogP contribution in [0.15, 0.2) is 22.8 Å². The molecular formula is C16H16FN3OS2. The molecule has 0 unspecified atom stereocenters. The lowest BCUT2D eigenvalue weighted by molar-refractivity contribution is 0.305. The van der Waals surface area contributed by atoms with Crippen molar-refractivity contribution in [3.8, 4) is 12.3 Å².